The van der Waals surface area contributed by atoms with Crippen molar-refractivity contribution in [2.45, 2.75) is 0 Å². The molecule has 0 amide bonds. The second kappa shape index (κ2) is 11.5. The van der Waals surface area contributed by atoms with Gasteiger partial charge in [0.15, 0.2) is 0 Å². The van der Waals surface area contributed by atoms with Crippen LogP contribution in [0.15, 0.2) is 176 Å². The predicted octanol–water partition coefficient (Wildman–Crippen LogP) is 13.2. The molecule has 3 heterocycles. The standard InChI is InChI=1S/C48H29N3S/c1-3-12-30(13-4-1)34-22-24-41-40(28-34)47(37-19-11-21-45-46(37)36-18-9-10-20-44(36)52-45)50-48(49-41)51-42-25-23-35(31-14-5-2-6-15-31)27-38(42)39-26-32-16-7-8-17-33(32)29-43(39)51/h1-29H. The molecule has 0 aliphatic heterocycles. The first kappa shape index (κ1) is 29.1. The van der Waals surface area contributed by atoms with Gasteiger partial charge >= 0.3 is 0 Å². The maximum Gasteiger partial charge on any atom is 0.235 e. The van der Waals surface area contributed by atoms with Gasteiger partial charge in [0, 0.05) is 41.9 Å². The summed E-state index contributed by atoms with van der Waals surface area (Å²) in [7, 11) is 0. The summed E-state index contributed by atoms with van der Waals surface area (Å²) in [4.78, 5) is 11.0. The maximum absolute atomic E-state index is 5.60. The van der Waals surface area contributed by atoms with Crippen LogP contribution < -0.4 is 0 Å². The van der Waals surface area contributed by atoms with E-state index in [4.69, 9.17) is 9.97 Å². The molecule has 52 heavy (non-hydrogen) atoms. The van der Waals surface area contributed by atoms with E-state index in [1.54, 1.807) is 0 Å². The highest BCUT2D eigenvalue weighted by molar-refractivity contribution is 7.25. The molecule has 8 aromatic carbocycles. The number of rotatable bonds is 4. The molecule has 11 rings (SSSR count). The van der Waals surface area contributed by atoms with Crippen LogP contribution in [-0.4, -0.2) is 14.5 Å². The Kier molecular flexibility index (Phi) is 6.42. The van der Waals surface area contributed by atoms with Crippen molar-refractivity contribution < 1.29 is 0 Å². The van der Waals surface area contributed by atoms with Crippen LogP contribution in [0.5, 0.6) is 0 Å². The lowest BCUT2D eigenvalue weighted by Crippen LogP contribution is -2.04. The molecule has 0 unspecified atom stereocenters. The van der Waals surface area contributed by atoms with Gasteiger partial charge in [0.1, 0.15) is 0 Å². The number of hydrogen-bond acceptors (Lipinski definition) is 3. The average Bonchev–Trinajstić information content (AvgIpc) is 3.75. The molecule has 0 fully saturated rings. The fourth-order valence-corrected chi connectivity index (χ4v) is 9.07. The summed E-state index contributed by atoms with van der Waals surface area (Å²) in [5.41, 5.74) is 9.82. The lowest BCUT2D eigenvalue weighted by atomic mass is 9.98. The molecule has 0 aliphatic carbocycles. The molecule has 0 aliphatic rings. The first-order valence-corrected chi connectivity index (χ1v) is 18.4. The van der Waals surface area contributed by atoms with Gasteiger partial charge < -0.3 is 0 Å². The fourth-order valence-electron chi connectivity index (χ4n) is 7.93. The molecular weight excluding hydrogens is 651 g/mol. The van der Waals surface area contributed by atoms with Gasteiger partial charge in [-0.15, -0.1) is 11.3 Å². The molecule has 0 spiro atoms. The zero-order valence-corrected chi connectivity index (χ0v) is 28.8. The van der Waals surface area contributed by atoms with E-state index >= 15 is 0 Å². The Balaban J connectivity index is 1.25. The van der Waals surface area contributed by atoms with E-state index in [0.717, 1.165) is 38.8 Å². The second-order valence-electron chi connectivity index (χ2n) is 13.4. The quantitative estimate of drug-likeness (QED) is 0.185. The van der Waals surface area contributed by atoms with Gasteiger partial charge in [-0.3, -0.25) is 4.57 Å². The van der Waals surface area contributed by atoms with Crippen molar-refractivity contribution in [3.8, 4) is 39.5 Å². The summed E-state index contributed by atoms with van der Waals surface area (Å²) in [5, 5.41) is 8.28. The van der Waals surface area contributed by atoms with Gasteiger partial charge in [0.05, 0.1) is 22.2 Å². The van der Waals surface area contributed by atoms with Crippen molar-refractivity contribution in [3.63, 3.8) is 0 Å². The molecule has 0 saturated heterocycles. The van der Waals surface area contributed by atoms with Crippen LogP contribution in [0.4, 0.5) is 0 Å². The summed E-state index contributed by atoms with van der Waals surface area (Å²) < 4.78 is 4.80. The van der Waals surface area contributed by atoms with Crippen molar-refractivity contribution in [3.05, 3.63) is 176 Å². The SMILES string of the molecule is c1ccc(-c2ccc3nc(-n4c5ccc(-c6ccccc6)cc5c5cc6ccccc6cc54)nc(-c4cccc5sc6ccccc6c45)c3c2)cc1. The van der Waals surface area contributed by atoms with E-state index < -0.39 is 0 Å². The van der Waals surface area contributed by atoms with Gasteiger partial charge in [0.25, 0.3) is 0 Å². The number of aromatic nitrogens is 3. The molecule has 11 aromatic rings. The molecule has 3 nitrogen and oxygen atoms in total. The van der Waals surface area contributed by atoms with E-state index in [1.807, 2.05) is 11.3 Å². The summed E-state index contributed by atoms with van der Waals surface area (Å²) in [6.07, 6.45) is 0. The number of hydrogen-bond donors (Lipinski definition) is 0. The highest BCUT2D eigenvalue weighted by atomic mass is 32.1. The van der Waals surface area contributed by atoms with Crippen molar-refractivity contribution in [1.29, 1.82) is 0 Å². The van der Waals surface area contributed by atoms with Gasteiger partial charge in [-0.05, 0) is 81.6 Å². The molecule has 0 saturated carbocycles. The highest BCUT2D eigenvalue weighted by Crippen LogP contribution is 2.43. The predicted molar refractivity (Wildman–Crippen MR) is 221 cm³/mol. The van der Waals surface area contributed by atoms with Gasteiger partial charge in [-0.1, -0.05) is 127 Å². The zero-order chi connectivity index (χ0) is 34.2. The summed E-state index contributed by atoms with van der Waals surface area (Å²) in [6.45, 7) is 0. The monoisotopic (exact) mass is 679 g/mol. The first-order chi connectivity index (χ1) is 25.8. The van der Waals surface area contributed by atoms with Crippen LogP contribution in [0, 0.1) is 0 Å². The van der Waals surface area contributed by atoms with Gasteiger partial charge in [-0.25, -0.2) is 9.97 Å². The van der Waals surface area contributed by atoms with Crippen molar-refractivity contribution in [2.75, 3.05) is 0 Å². The normalized spacial score (nSPS) is 11.8. The smallest absolute Gasteiger partial charge is 0.235 e. The Labute approximate surface area is 303 Å². The van der Waals surface area contributed by atoms with Crippen LogP contribution in [0.25, 0.3) is 103 Å². The van der Waals surface area contributed by atoms with Gasteiger partial charge in [-0.2, -0.15) is 0 Å². The third-order valence-corrected chi connectivity index (χ3v) is 11.5. The Bertz CT molecular complexity index is 3180. The Morgan fingerprint density at radius 2 is 1.04 bits per heavy atom. The van der Waals surface area contributed by atoms with E-state index in [2.05, 4.69) is 180 Å². The maximum atomic E-state index is 5.60. The minimum atomic E-state index is 0.661. The lowest BCUT2D eigenvalue weighted by Gasteiger charge is -2.14. The third kappa shape index (κ3) is 4.51. The van der Waals surface area contributed by atoms with E-state index in [9.17, 15) is 0 Å². The number of nitrogens with zero attached hydrogens (tertiary/aromatic N) is 3. The molecule has 0 radical (unpaired) electrons. The van der Waals surface area contributed by atoms with Crippen LogP contribution in [0.1, 0.15) is 0 Å². The van der Waals surface area contributed by atoms with Crippen LogP contribution in [0.3, 0.4) is 0 Å². The van der Waals surface area contributed by atoms with E-state index in [-0.39, 0.29) is 0 Å². The Morgan fingerprint density at radius 3 is 1.83 bits per heavy atom. The topological polar surface area (TPSA) is 30.7 Å². The number of thiophene rings is 1. The first-order valence-electron chi connectivity index (χ1n) is 17.6. The molecule has 0 N–H and O–H groups in total. The zero-order valence-electron chi connectivity index (χ0n) is 28.0. The van der Waals surface area contributed by atoms with Crippen LogP contribution in [0.2, 0.25) is 0 Å². The molecule has 0 bridgehead atoms. The lowest BCUT2D eigenvalue weighted by molar-refractivity contribution is 1.01. The molecule has 4 heteroatoms. The Hall–Kier alpha value is -6.62. The van der Waals surface area contributed by atoms with E-state index in [0.29, 0.717) is 5.95 Å². The summed E-state index contributed by atoms with van der Waals surface area (Å²) >= 11 is 1.83. The van der Waals surface area contributed by atoms with Crippen molar-refractivity contribution in [2.24, 2.45) is 0 Å². The van der Waals surface area contributed by atoms with Crippen molar-refractivity contribution >= 4 is 75.0 Å². The number of benzene rings is 8. The molecular formula is C48H29N3S. The average molecular weight is 680 g/mol. The number of fused-ring (bicyclic) bond motifs is 8. The van der Waals surface area contributed by atoms with Crippen molar-refractivity contribution in [1.82, 2.24) is 14.5 Å². The minimum Gasteiger partial charge on any atom is -0.278 e. The molecule has 3 aromatic heterocycles. The minimum absolute atomic E-state index is 0.661. The second-order valence-corrected chi connectivity index (χ2v) is 14.5. The fraction of sp³-hybridized carbons (Fsp3) is 0. The Morgan fingerprint density at radius 1 is 0.404 bits per heavy atom. The summed E-state index contributed by atoms with van der Waals surface area (Å²) in [5.74, 6) is 0.661. The highest BCUT2D eigenvalue weighted by Gasteiger charge is 2.21. The largest absolute Gasteiger partial charge is 0.278 e. The van der Waals surface area contributed by atoms with Crippen LogP contribution in [-0.2, 0) is 0 Å². The third-order valence-electron chi connectivity index (χ3n) is 10.4. The van der Waals surface area contributed by atoms with E-state index in [1.165, 1.54) is 58.4 Å². The molecule has 242 valence electrons. The van der Waals surface area contributed by atoms with Crippen LogP contribution >= 0.6 is 11.3 Å². The molecule has 0 atom stereocenters. The summed E-state index contributed by atoms with van der Waals surface area (Å²) in [6, 6.07) is 63.1. The van der Waals surface area contributed by atoms with Gasteiger partial charge in [0.2, 0.25) is 5.95 Å².